The topological polar surface area (TPSA) is 102 Å². The Hall–Kier alpha value is -2.54. The van der Waals surface area contributed by atoms with Gasteiger partial charge in [0.25, 0.3) is 0 Å². The van der Waals surface area contributed by atoms with Gasteiger partial charge in [-0.25, -0.2) is 4.79 Å². The molecule has 0 fully saturated rings. The van der Waals surface area contributed by atoms with E-state index in [4.69, 9.17) is 9.47 Å². The number of hydrogen-bond donors (Lipinski definition) is 2. The lowest BCUT2D eigenvalue weighted by Gasteiger charge is -2.14. The minimum absolute atomic E-state index is 0.101. The Labute approximate surface area is 139 Å². The van der Waals surface area contributed by atoms with Crippen LogP contribution >= 0.6 is 0 Å². The number of methoxy groups -OCH3 is 2. The molecule has 0 bridgehead atoms. The predicted octanol–water partition coefficient (Wildman–Crippen LogP) is 1.34. The summed E-state index contributed by atoms with van der Waals surface area (Å²) in [5, 5.41) is 20.3. The monoisotopic (exact) mass is 336 g/mol. The zero-order valence-electron chi connectivity index (χ0n) is 13.7. The van der Waals surface area contributed by atoms with E-state index in [0.717, 1.165) is 0 Å². The first kappa shape index (κ1) is 17.8. The third-order valence-corrected chi connectivity index (χ3v) is 3.97. The molecule has 1 heterocycles. The minimum atomic E-state index is -1.02. The van der Waals surface area contributed by atoms with E-state index >= 15 is 0 Å². The van der Waals surface area contributed by atoms with Gasteiger partial charge in [-0.2, -0.15) is 0 Å². The molecule has 1 aromatic carbocycles. The molecular weight excluding hydrogens is 316 g/mol. The van der Waals surface area contributed by atoms with Crippen LogP contribution in [0.5, 0.6) is 11.5 Å². The number of aliphatic hydroxyl groups is 1. The number of cyclic esters (lactones) is 1. The number of aliphatic hydroxyl groups excluding tert-OH is 1. The van der Waals surface area contributed by atoms with Crippen molar-refractivity contribution in [3.05, 3.63) is 34.9 Å². The average Bonchev–Trinajstić information content (AvgIpc) is 2.95. The summed E-state index contributed by atoms with van der Waals surface area (Å²) < 4.78 is 14.7. The molecule has 1 aliphatic heterocycles. The highest BCUT2D eigenvalue weighted by Crippen LogP contribution is 2.38. The van der Waals surface area contributed by atoms with Gasteiger partial charge in [0, 0.05) is 11.1 Å². The molecule has 0 aromatic heterocycles. The fraction of sp³-hybridized carbons (Fsp3) is 0.412. The number of aromatic hydroxyl groups is 1. The Morgan fingerprint density at radius 1 is 1.46 bits per heavy atom. The van der Waals surface area contributed by atoms with Crippen molar-refractivity contribution in [2.45, 2.75) is 26.1 Å². The summed E-state index contributed by atoms with van der Waals surface area (Å²) in [7, 11) is 2.71. The molecule has 0 saturated heterocycles. The van der Waals surface area contributed by atoms with E-state index in [0.29, 0.717) is 16.9 Å². The second-order valence-electron chi connectivity index (χ2n) is 5.45. The largest absolute Gasteiger partial charge is 0.507 e. The summed E-state index contributed by atoms with van der Waals surface area (Å²) in [4.78, 5) is 23.1. The number of rotatable bonds is 6. The Kier molecular flexibility index (Phi) is 5.46. The van der Waals surface area contributed by atoms with Crippen LogP contribution in [0.2, 0.25) is 0 Å². The molecule has 2 rings (SSSR count). The third-order valence-electron chi connectivity index (χ3n) is 3.97. The van der Waals surface area contributed by atoms with Crippen LogP contribution in [0.15, 0.2) is 18.2 Å². The summed E-state index contributed by atoms with van der Waals surface area (Å²) in [6, 6.07) is 1.65. The fourth-order valence-electron chi connectivity index (χ4n) is 2.49. The zero-order valence-corrected chi connectivity index (χ0v) is 13.7. The van der Waals surface area contributed by atoms with Crippen LogP contribution in [-0.2, 0) is 27.3 Å². The molecule has 7 nitrogen and oxygen atoms in total. The highest BCUT2D eigenvalue weighted by molar-refractivity contribution is 5.97. The SMILES string of the molecule is COC(=O)C(C)C(O)/C=C/Cc1c(OC)cc2c(c1O)C(=O)OC2. The van der Waals surface area contributed by atoms with Crippen molar-refractivity contribution in [1.29, 1.82) is 0 Å². The molecular formula is C17H20O7. The van der Waals surface area contributed by atoms with Crippen LogP contribution in [0, 0.1) is 5.92 Å². The van der Waals surface area contributed by atoms with E-state index < -0.39 is 24.0 Å². The molecule has 130 valence electrons. The Balaban J connectivity index is 2.21. The number of benzene rings is 1. The Morgan fingerprint density at radius 3 is 2.79 bits per heavy atom. The first-order valence-corrected chi connectivity index (χ1v) is 7.42. The minimum Gasteiger partial charge on any atom is -0.507 e. The van der Waals surface area contributed by atoms with Crippen molar-refractivity contribution in [2.75, 3.05) is 14.2 Å². The number of carbonyl (C=O) groups is 2. The van der Waals surface area contributed by atoms with E-state index in [1.54, 1.807) is 19.1 Å². The van der Waals surface area contributed by atoms with Crippen molar-refractivity contribution in [3.63, 3.8) is 0 Å². The number of hydrogen-bond acceptors (Lipinski definition) is 7. The number of fused-ring (bicyclic) bond motifs is 1. The summed E-state index contributed by atoms with van der Waals surface area (Å²) in [6.45, 7) is 1.65. The summed E-state index contributed by atoms with van der Waals surface area (Å²) in [6.07, 6.45) is 2.21. The smallest absolute Gasteiger partial charge is 0.342 e. The molecule has 1 aromatic rings. The highest BCUT2D eigenvalue weighted by atomic mass is 16.5. The fourth-order valence-corrected chi connectivity index (χ4v) is 2.49. The summed E-state index contributed by atoms with van der Waals surface area (Å²) >= 11 is 0. The standard InChI is InChI=1S/C17H20O7/c1-9(16(20)23-3)12(18)6-4-5-11-13(22-2)7-10-8-24-17(21)14(10)15(11)19/h4,6-7,9,12,18-19H,5,8H2,1-3H3/b6-4+. The van der Waals surface area contributed by atoms with Crippen molar-refractivity contribution in [3.8, 4) is 11.5 Å². The van der Waals surface area contributed by atoms with Gasteiger partial charge >= 0.3 is 11.9 Å². The van der Waals surface area contributed by atoms with Crippen molar-refractivity contribution >= 4 is 11.9 Å². The molecule has 0 amide bonds. The molecule has 2 N–H and O–H groups in total. The van der Waals surface area contributed by atoms with Crippen molar-refractivity contribution in [1.82, 2.24) is 0 Å². The van der Waals surface area contributed by atoms with Gasteiger partial charge in [0.15, 0.2) is 0 Å². The maximum absolute atomic E-state index is 11.7. The van der Waals surface area contributed by atoms with E-state index in [-0.39, 0.29) is 24.3 Å². The van der Waals surface area contributed by atoms with Crippen molar-refractivity contribution < 1.29 is 34.0 Å². The highest BCUT2D eigenvalue weighted by Gasteiger charge is 2.29. The normalized spacial score (nSPS) is 15.8. The molecule has 0 spiro atoms. The maximum Gasteiger partial charge on any atom is 0.342 e. The second-order valence-corrected chi connectivity index (χ2v) is 5.45. The lowest BCUT2D eigenvalue weighted by Crippen LogP contribution is -2.24. The van der Waals surface area contributed by atoms with E-state index in [1.807, 2.05) is 0 Å². The van der Waals surface area contributed by atoms with Crippen LogP contribution in [0.25, 0.3) is 0 Å². The number of carbonyl (C=O) groups excluding carboxylic acids is 2. The first-order chi connectivity index (χ1) is 11.4. The quantitative estimate of drug-likeness (QED) is 0.597. The first-order valence-electron chi connectivity index (χ1n) is 7.42. The summed E-state index contributed by atoms with van der Waals surface area (Å²) in [5.41, 5.74) is 1.12. The average molecular weight is 336 g/mol. The van der Waals surface area contributed by atoms with Gasteiger partial charge in [0.2, 0.25) is 0 Å². The van der Waals surface area contributed by atoms with Gasteiger partial charge in [-0.3, -0.25) is 4.79 Å². The van der Waals surface area contributed by atoms with Crippen LogP contribution in [0.4, 0.5) is 0 Å². The second kappa shape index (κ2) is 7.35. The van der Waals surface area contributed by atoms with Gasteiger partial charge in [0.1, 0.15) is 23.7 Å². The molecule has 2 unspecified atom stereocenters. The van der Waals surface area contributed by atoms with Gasteiger partial charge in [-0.15, -0.1) is 0 Å². The van der Waals surface area contributed by atoms with E-state index in [1.165, 1.54) is 20.3 Å². The van der Waals surface area contributed by atoms with Gasteiger partial charge in [0.05, 0.1) is 26.2 Å². The predicted molar refractivity (Wildman–Crippen MR) is 83.8 cm³/mol. The molecule has 0 radical (unpaired) electrons. The number of ether oxygens (including phenoxy) is 3. The molecule has 2 atom stereocenters. The number of esters is 2. The van der Waals surface area contributed by atoms with E-state index in [9.17, 15) is 19.8 Å². The van der Waals surface area contributed by atoms with Gasteiger partial charge in [-0.1, -0.05) is 12.2 Å². The van der Waals surface area contributed by atoms with Crippen LogP contribution in [0.1, 0.15) is 28.4 Å². The number of allylic oxidation sites excluding steroid dienone is 1. The maximum atomic E-state index is 11.7. The van der Waals surface area contributed by atoms with Crippen LogP contribution in [-0.4, -0.2) is 42.5 Å². The number of phenols is 1. The molecule has 24 heavy (non-hydrogen) atoms. The Bertz CT molecular complexity index is 678. The zero-order chi connectivity index (χ0) is 17.9. The van der Waals surface area contributed by atoms with Crippen molar-refractivity contribution in [2.24, 2.45) is 5.92 Å². The van der Waals surface area contributed by atoms with E-state index in [2.05, 4.69) is 4.74 Å². The lowest BCUT2D eigenvalue weighted by molar-refractivity contribution is -0.147. The molecule has 0 aliphatic carbocycles. The van der Waals surface area contributed by atoms with Gasteiger partial charge < -0.3 is 24.4 Å². The lowest BCUT2D eigenvalue weighted by atomic mass is 9.99. The number of phenolic OH excluding ortho intramolecular Hbond substituents is 1. The molecule has 7 heteroatoms. The van der Waals surface area contributed by atoms with Crippen LogP contribution in [0.3, 0.4) is 0 Å². The van der Waals surface area contributed by atoms with Crippen LogP contribution < -0.4 is 4.74 Å². The molecule has 0 saturated carbocycles. The molecule has 1 aliphatic rings. The summed E-state index contributed by atoms with van der Waals surface area (Å²) in [5.74, 6) is -1.57. The van der Waals surface area contributed by atoms with Gasteiger partial charge in [-0.05, 0) is 19.4 Å². The Morgan fingerprint density at radius 2 is 2.17 bits per heavy atom. The third kappa shape index (κ3) is 3.35.